The molecule has 96 valence electrons. The lowest BCUT2D eigenvalue weighted by Crippen LogP contribution is -2.25. The summed E-state index contributed by atoms with van der Waals surface area (Å²) >= 11 is 0. The molecule has 2 saturated carbocycles. The second-order valence-electron chi connectivity index (χ2n) is 6.60. The molecule has 2 atom stereocenters. The summed E-state index contributed by atoms with van der Waals surface area (Å²) in [5.41, 5.74) is -0.387. The average molecular weight is 238 g/mol. The first-order chi connectivity index (χ1) is 7.83. The van der Waals surface area contributed by atoms with Crippen molar-refractivity contribution in [2.45, 2.75) is 58.5 Å². The summed E-state index contributed by atoms with van der Waals surface area (Å²) in [4.78, 5) is 23.0. The number of carbonyl (C=O) groups excluding carboxylic acids is 2. The number of hydrogen-bond acceptors (Lipinski definition) is 3. The number of hydrogen-bond donors (Lipinski definition) is 0. The molecule has 0 radical (unpaired) electrons. The Morgan fingerprint density at radius 1 is 1.24 bits per heavy atom. The predicted octanol–water partition coefficient (Wildman–Crippen LogP) is 2.72. The second-order valence-corrected chi connectivity index (χ2v) is 6.60. The minimum absolute atomic E-state index is 0.0891. The summed E-state index contributed by atoms with van der Waals surface area (Å²) in [6.07, 6.45) is 4.09. The van der Waals surface area contributed by atoms with Crippen molar-refractivity contribution in [3.8, 4) is 0 Å². The molecule has 0 aliphatic heterocycles. The molecule has 0 aromatic heterocycles. The lowest BCUT2D eigenvalue weighted by molar-refractivity contribution is -0.155. The lowest BCUT2D eigenvalue weighted by Gasteiger charge is -2.20. The van der Waals surface area contributed by atoms with Crippen LogP contribution in [0.4, 0.5) is 0 Å². The maximum Gasteiger partial charge on any atom is 0.306 e. The highest BCUT2D eigenvalue weighted by Crippen LogP contribution is 2.46. The molecule has 0 aromatic carbocycles. The molecule has 3 nitrogen and oxygen atoms in total. The van der Waals surface area contributed by atoms with Crippen LogP contribution in [0, 0.1) is 17.8 Å². The summed E-state index contributed by atoms with van der Waals surface area (Å²) < 4.78 is 5.34. The molecule has 0 spiro atoms. The van der Waals surface area contributed by atoms with Gasteiger partial charge in [-0.2, -0.15) is 0 Å². The molecule has 17 heavy (non-hydrogen) atoms. The Balaban J connectivity index is 1.79. The molecule has 2 fully saturated rings. The first kappa shape index (κ1) is 12.6. The molecular formula is C14H22O3. The third-order valence-corrected chi connectivity index (χ3v) is 3.79. The molecule has 0 aromatic rings. The van der Waals surface area contributed by atoms with Crippen molar-refractivity contribution >= 4 is 11.8 Å². The highest BCUT2D eigenvalue weighted by molar-refractivity contribution is 5.81. The van der Waals surface area contributed by atoms with E-state index in [-0.39, 0.29) is 11.6 Å². The fourth-order valence-electron chi connectivity index (χ4n) is 3.29. The topological polar surface area (TPSA) is 43.4 Å². The molecule has 2 aliphatic rings. The van der Waals surface area contributed by atoms with Crippen LogP contribution >= 0.6 is 0 Å². The van der Waals surface area contributed by atoms with Crippen LogP contribution in [0.1, 0.15) is 52.9 Å². The zero-order valence-electron chi connectivity index (χ0n) is 11.0. The van der Waals surface area contributed by atoms with Gasteiger partial charge in [-0.3, -0.25) is 9.59 Å². The average Bonchev–Trinajstić information content (AvgIpc) is 2.56. The quantitative estimate of drug-likeness (QED) is 0.695. The van der Waals surface area contributed by atoms with Gasteiger partial charge >= 0.3 is 5.97 Å². The van der Waals surface area contributed by atoms with Crippen LogP contribution in [0.25, 0.3) is 0 Å². The number of Topliss-reactive ketones (excluding diaryl/α,β-unsaturated/α-hetero) is 1. The monoisotopic (exact) mass is 238 g/mol. The van der Waals surface area contributed by atoms with E-state index < -0.39 is 0 Å². The van der Waals surface area contributed by atoms with Crippen LogP contribution < -0.4 is 0 Å². The normalized spacial score (nSPS) is 32.6. The second kappa shape index (κ2) is 4.43. The van der Waals surface area contributed by atoms with Crippen molar-refractivity contribution in [1.82, 2.24) is 0 Å². The number of fused-ring (bicyclic) bond motifs is 1. The van der Waals surface area contributed by atoms with Gasteiger partial charge in [-0.15, -0.1) is 0 Å². The smallest absolute Gasteiger partial charge is 0.306 e. The molecule has 0 amide bonds. The van der Waals surface area contributed by atoms with Crippen LogP contribution in [-0.4, -0.2) is 17.4 Å². The minimum Gasteiger partial charge on any atom is -0.460 e. The van der Waals surface area contributed by atoms with Gasteiger partial charge in [0.2, 0.25) is 0 Å². The van der Waals surface area contributed by atoms with E-state index in [4.69, 9.17) is 4.74 Å². The zero-order chi connectivity index (χ0) is 12.6. The Morgan fingerprint density at radius 3 is 2.24 bits per heavy atom. The maximum absolute atomic E-state index is 11.7. The molecule has 2 aliphatic carbocycles. The van der Waals surface area contributed by atoms with E-state index in [1.54, 1.807) is 0 Å². The molecule has 0 N–H and O–H groups in total. The molecule has 3 heteroatoms. The molecular weight excluding hydrogens is 216 g/mol. The third-order valence-electron chi connectivity index (χ3n) is 3.79. The lowest BCUT2D eigenvalue weighted by atomic mass is 9.99. The zero-order valence-corrected chi connectivity index (χ0v) is 11.0. The van der Waals surface area contributed by atoms with Gasteiger partial charge in [0.05, 0.1) is 0 Å². The standard InChI is InChI=1S/C14H22O3/c1-14(2,3)17-13(16)6-9-4-10-7-12(15)8-11(10)5-9/h9-11H,4-8H2,1-3H3. The third kappa shape index (κ3) is 3.30. The van der Waals surface area contributed by atoms with Crippen LogP contribution in [-0.2, 0) is 14.3 Å². The van der Waals surface area contributed by atoms with Crippen LogP contribution in [0.5, 0.6) is 0 Å². The van der Waals surface area contributed by atoms with E-state index in [1.807, 2.05) is 20.8 Å². The first-order valence-electron chi connectivity index (χ1n) is 6.57. The van der Waals surface area contributed by atoms with Crippen molar-refractivity contribution in [3.63, 3.8) is 0 Å². The number of ketones is 1. The van der Waals surface area contributed by atoms with Crippen molar-refractivity contribution in [1.29, 1.82) is 0 Å². The SMILES string of the molecule is CC(C)(C)OC(=O)CC1CC2CC(=O)CC2C1. The number of rotatable bonds is 2. The number of ether oxygens (including phenoxy) is 1. The van der Waals surface area contributed by atoms with Crippen LogP contribution in [0.15, 0.2) is 0 Å². The summed E-state index contributed by atoms with van der Waals surface area (Å²) in [6.45, 7) is 5.69. The van der Waals surface area contributed by atoms with Gasteiger partial charge < -0.3 is 4.74 Å². The molecule has 0 heterocycles. The summed E-state index contributed by atoms with van der Waals surface area (Å²) in [5, 5.41) is 0. The predicted molar refractivity (Wildman–Crippen MR) is 64.4 cm³/mol. The van der Waals surface area contributed by atoms with Crippen LogP contribution in [0.2, 0.25) is 0 Å². The molecule has 2 unspecified atom stereocenters. The Bertz CT molecular complexity index is 311. The number of carbonyl (C=O) groups is 2. The van der Waals surface area contributed by atoms with E-state index in [1.165, 1.54) is 0 Å². The van der Waals surface area contributed by atoms with Crippen molar-refractivity contribution in [2.24, 2.45) is 17.8 Å². The van der Waals surface area contributed by atoms with Gasteiger partial charge in [-0.25, -0.2) is 0 Å². The number of esters is 1. The minimum atomic E-state index is -0.387. The fraction of sp³-hybridized carbons (Fsp3) is 0.857. The molecule has 0 bridgehead atoms. The summed E-state index contributed by atoms with van der Waals surface area (Å²) in [5.74, 6) is 1.86. The van der Waals surface area contributed by atoms with E-state index in [0.29, 0.717) is 30.0 Å². The van der Waals surface area contributed by atoms with Crippen molar-refractivity contribution < 1.29 is 14.3 Å². The molecule has 0 saturated heterocycles. The van der Waals surface area contributed by atoms with Gasteiger partial charge in [0.1, 0.15) is 11.4 Å². The van der Waals surface area contributed by atoms with Gasteiger partial charge in [0.15, 0.2) is 0 Å². The van der Waals surface area contributed by atoms with Crippen LogP contribution in [0.3, 0.4) is 0 Å². The largest absolute Gasteiger partial charge is 0.460 e. The Hall–Kier alpha value is -0.860. The maximum atomic E-state index is 11.7. The van der Waals surface area contributed by atoms with E-state index in [0.717, 1.165) is 25.7 Å². The van der Waals surface area contributed by atoms with E-state index >= 15 is 0 Å². The highest BCUT2D eigenvalue weighted by Gasteiger charge is 2.41. The van der Waals surface area contributed by atoms with Gasteiger partial charge in [-0.1, -0.05) is 0 Å². The summed E-state index contributed by atoms with van der Waals surface area (Å²) in [7, 11) is 0. The first-order valence-corrected chi connectivity index (χ1v) is 6.57. The molecule has 2 rings (SSSR count). The van der Waals surface area contributed by atoms with Crippen molar-refractivity contribution in [2.75, 3.05) is 0 Å². The van der Waals surface area contributed by atoms with Gasteiger partial charge in [0, 0.05) is 19.3 Å². The van der Waals surface area contributed by atoms with Gasteiger partial charge in [0.25, 0.3) is 0 Å². The fourth-order valence-corrected chi connectivity index (χ4v) is 3.29. The highest BCUT2D eigenvalue weighted by atomic mass is 16.6. The van der Waals surface area contributed by atoms with E-state index in [2.05, 4.69) is 0 Å². The van der Waals surface area contributed by atoms with Gasteiger partial charge in [-0.05, 0) is 51.4 Å². The van der Waals surface area contributed by atoms with Crippen molar-refractivity contribution in [3.05, 3.63) is 0 Å². The Labute approximate surface area is 103 Å². The Kier molecular flexibility index (Phi) is 3.28. The van der Waals surface area contributed by atoms with E-state index in [9.17, 15) is 9.59 Å². The summed E-state index contributed by atoms with van der Waals surface area (Å²) in [6, 6.07) is 0. The Morgan fingerprint density at radius 2 is 1.76 bits per heavy atom.